The zero-order chi connectivity index (χ0) is 14.7. The molecule has 2 bridgehead atoms. The molecule has 0 N–H and O–H groups in total. The van der Waals surface area contributed by atoms with Crippen LogP contribution in [0.15, 0.2) is 12.1 Å². The van der Waals surface area contributed by atoms with Gasteiger partial charge in [-0.1, -0.05) is 0 Å². The first-order chi connectivity index (χ1) is 10.1. The molecule has 0 aromatic heterocycles. The molecule has 1 aromatic rings. The van der Waals surface area contributed by atoms with Gasteiger partial charge in [0.25, 0.3) is 0 Å². The highest BCUT2D eigenvalue weighted by atomic mass is 16.6. The van der Waals surface area contributed by atoms with E-state index in [9.17, 15) is 9.59 Å². The van der Waals surface area contributed by atoms with Gasteiger partial charge in [0.05, 0.1) is 12.2 Å². The second-order valence-electron chi connectivity index (χ2n) is 5.93. The van der Waals surface area contributed by atoms with Gasteiger partial charge in [-0.15, -0.1) is 0 Å². The molecule has 0 amide bonds. The van der Waals surface area contributed by atoms with Crippen LogP contribution in [-0.4, -0.2) is 24.1 Å². The molecule has 2 fully saturated rings. The summed E-state index contributed by atoms with van der Waals surface area (Å²) in [6.07, 6.45) is 2.52. The van der Waals surface area contributed by atoms with Crippen molar-refractivity contribution < 1.29 is 23.8 Å². The summed E-state index contributed by atoms with van der Waals surface area (Å²) < 4.78 is 16.5. The van der Waals surface area contributed by atoms with Crippen LogP contribution in [0.3, 0.4) is 0 Å². The lowest BCUT2D eigenvalue weighted by Gasteiger charge is -2.36. The molecule has 5 rings (SSSR count). The molecule has 0 spiro atoms. The third kappa shape index (κ3) is 1.87. The molecule has 4 aliphatic rings. The predicted molar refractivity (Wildman–Crippen MR) is 72.4 cm³/mol. The molecule has 110 valence electrons. The van der Waals surface area contributed by atoms with E-state index < -0.39 is 0 Å². The number of epoxide rings is 1. The molecule has 1 saturated carbocycles. The average molecular weight is 288 g/mol. The van der Waals surface area contributed by atoms with Gasteiger partial charge < -0.3 is 14.2 Å². The molecule has 21 heavy (non-hydrogen) atoms. The zero-order valence-corrected chi connectivity index (χ0v) is 11.9. The zero-order valence-electron chi connectivity index (χ0n) is 11.9. The van der Waals surface area contributed by atoms with E-state index in [1.807, 2.05) is 0 Å². The van der Waals surface area contributed by atoms with E-state index in [-0.39, 0.29) is 36.0 Å². The fourth-order valence-electron chi connectivity index (χ4n) is 3.94. The Morgan fingerprint density at radius 3 is 1.76 bits per heavy atom. The second kappa shape index (κ2) is 4.31. The maximum atomic E-state index is 11.3. The molecule has 0 radical (unpaired) electrons. The van der Waals surface area contributed by atoms with Crippen LogP contribution in [0.4, 0.5) is 0 Å². The Morgan fingerprint density at radius 2 is 1.38 bits per heavy atom. The van der Waals surface area contributed by atoms with Crippen LogP contribution in [0.5, 0.6) is 11.5 Å². The molecular weight excluding hydrogens is 272 g/mol. The third-order valence-corrected chi connectivity index (χ3v) is 4.60. The topological polar surface area (TPSA) is 65.1 Å². The van der Waals surface area contributed by atoms with Crippen LogP contribution in [0, 0.1) is 0 Å². The van der Waals surface area contributed by atoms with Crippen LogP contribution in [0.1, 0.15) is 49.7 Å². The fraction of sp³-hybridized carbons (Fsp3) is 0.500. The van der Waals surface area contributed by atoms with Crippen molar-refractivity contribution in [3.8, 4) is 11.5 Å². The first kappa shape index (κ1) is 12.8. The molecule has 5 heteroatoms. The number of carbonyl (C=O) groups excluding carboxylic acids is 2. The summed E-state index contributed by atoms with van der Waals surface area (Å²) in [5.74, 6) is 0.952. The Bertz CT molecular complexity index is 595. The average Bonchev–Trinajstić information content (AvgIpc) is 3.21. The van der Waals surface area contributed by atoms with Gasteiger partial charge in [0.2, 0.25) is 0 Å². The van der Waals surface area contributed by atoms with Gasteiger partial charge in [0.1, 0.15) is 11.5 Å². The van der Waals surface area contributed by atoms with Gasteiger partial charge in [-0.2, -0.15) is 0 Å². The standard InChI is InChI=1S/C16H16O5/c1-7(17)19-11-5-6-12(20-8(2)18)14-10-4-3-9(13(11)14)15-16(10)21-15/h5-6,9-10,15-16H,3-4H2,1-2H3/t9-,10+,15+,16-. The highest BCUT2D eigenvalue weighted by Crippen LogP contribution is 2.62. The molecule has 1 saturated heterocycles. The molecule has 1 heterocycles. The van der Waals surface area contributed by atoms with Crippen molar-refractivity contribution in [2.45, 2.75) is 50.7 Å². The van der Waals surface area contributed by atoms with Crippen LogP contribution in [-0.2, 0) is 14.3 Å². The Kier molecular flexibility index (Phi) is 2.63. The van der Waals surface area contributed by atoms with Gasteiger partial charge in [-0.25, -0.2) is 0 Å². The quantitative estimate of drug-likeness (QED) is 0.474. The summed E-state index contributed by atoms with van der Waals surface area (Å²) in [5, 5.41) is 0. The molecular formula is C16H16O5. The van der Waals surface area contributed by atoms with Crippen molar-refractivity contribution in [2.24, 2.45) is 0 Å². The summed E-state index contributed by atoms with van der Waals surface area (Å²) >= 11 is 0. The molecule has 5 nitrogen and oxygen atoms in total. The second-order valence-corrected chi connectivity index (χ2v) is 5.93. The monoisotopic (exact) mass is 288 g/mol. The van der Waals surface area contributed by atoms with E-state index in [1.54, 1.807) is 12.1 Å². The minimum absolute atomic E-state index is 0.234. The van der Waals surface area contributed by atoms with Crippen molar-refractivity contribution in [1.82, 2.24) is 0 Å². The minimum Gasteiger partial charge on any atom is -0.426 e. The number of benzene rings is 1. The number of rotatable bonds is 2. The van der Waals surface area contributed by atoms with E-state index in [0.717, 1.165) is 24.0 Å². The Labute approximate surface area is 122 Å². The van der Waals surface area contributed by atoms with Crippen molar-refractivity contribution in [2.75, 3.05) is 0 Å². The molecule has 1 aliphatic heterocycles. The lowest BCUT2D eigenvalue weighted by molar-refractivity contribution is -0.133. The fourth-order valence-corrected chi connectivity index (χ4v) is 3.94. The van der Waals surface area contributed by atoms with Crippen molar-refractivity contribution in [1.29, 1.82) is 0 Å². The summed E-state index contributed by atoms with van der Waals surface area (Å²) in [6, 6.07) is 3.44. The SMILES string of the molecule is CC(=O)Oc1ccc(OC(C)=O)c2c1[C@H]1CC[C@@H]2[C@H]2O[C@H]21. The molecule has 1 aromatic carbocycles. The Morgan fingerprint density at radius 1 is 0.952 bits per heavy atom. The molecule has 3 aliphatic carbocycles. The third-order valence-electron chi connectivity index (χ3n) is 4.60. The van der Waals surface area contributed by atoms with Crippen molar-refractivity contribution >= 4 is 11.9 Å². The largest absolute Gasteiger partial charge is 0.426 e. The first-order valence-electron chi connectivity index (χ1n) is 7.25. The van der Waals surface area contributed by atoms with Gasteiger partial charge in [0, 0.05) is 36.8 Å². The summed E-state index contributed by atoms with van der Waals surface area (Å²) in [6.45, 7) is 2.79. The molecule has 0 unspecified atom stereocenters. The highest BCUT2D eigenvalue weighted by Gasteiger charge is 2.59. The number of fused-ring (bicyclic) bond motifs is 1. The summed E-state index contributed by atoms with van der Waals surface area (Å²) in [4.78, 5) is 22.6. The summed E-state index contributed by atoms with van der Waals surface area (Å²) in [7, 11) is 0. The number of ether oxygens (including phenoxy) is 3. The number of esters is 2. The predicted octanol–water partition coefficient (Wildman–Crippen LogP) is 2.28. The van der Waals surface area contributed by atoms with Crippen molar-refractivity contribution in [3.05, 3.63) is 23.3 Å². The van der Waals surface area contributed by atoms with Crippen LogP contribution < -0.4 is 9.47 Å². The Balaban J connectivity index is 1.86. The lowest BCUT2D eigenvalue weighted by Crippen LogP contribution is -2.31. The molecule has 4 atom stereocenters. The number of hydrogen-bond acceptors (Lipinski definition) is 5. The lowest BCUT2D eigenvalue weighted by atomic mass is 9.66. The number of carbonyl (C=O) groups is 2. The van der Waals surface area contributed by atoms with E-state index >= 15 is 0 Å². The van der Waals surface area contributed by atoms with Crippen molar-refractivity contribution in [3.63, 3.8) is 0 Å². The Hall–Kier alpha value is -1.88. The van der Waals surface area contributed by atoms with E-state index in [4.69, 9.17) is 14.2 Å². The smallest absolute Gasteiger partial charge is 0.308 e. The van der Waals surface area contributed by atoms with Gasteiger partial charge in [0.15, 0.2) is 0 Å². The number of hydrogen-bond donors (Lipinski definition) is 0. The van der Waals surface area contributed by atoms with Crippen LogP contribution in [0.2, 0.25) is 0 Å². The van der Waals surface area contributed by atoms with Gasteiger partial charge in [-0.3, -0.25) is 9.59 Å². The van der Waals surface area contributed by atoms with E-state index in [0.29, 0.717) is 11.5 Å². The van der Waals surface area contributed by atoms with E-state index in [2.05, 4.69) is 0 Å². The van der Waals surface area contributed by atoms with Crippen LogP contribution in [0.25, 0.3) is 0 Å². The summed E-state index contributed by atoms with van der Waals surface area (Å²) in [5.41, 5.74) is 2.00. The first-order valence-corrected chi connectivity index (χ1v) is 7.25. The van der Waals surface area contributed by atoms with E-state index in [1.165, 1.54) is 13.8 Å². The van der Waals surface area contributed by atoms with Gasteiger partial charge in [-0.05, 0) is 25.0 Å². The maximum Gasteiger partial charge on any atom is 0.308 e. The van der Waals surface area contributed by atoms with Crippen LogP contribution >= 0.6 is 0 Å². The normalized spacial score (nSPS) is 31.1. The minimum atomic E-state index is -0.341. The van der Waals surface area contributed by atoms with Gasteiger partial charge >= 0.3 is 11.9 Å². The highest BCUT2D eigenvalue weighted by molar-refractivity contribution is 5.73. The maximum absolute atomic E-state index is 11.3.